The van der Waals surface area contributed by atoms with Crippen LogP contribution in [0.3, 0.4) is 0 Å². The second kappa shape index (κ2) is 8.22. The Morgan fingerprint density at radius 3 is 2.43 bits per heavy atom. The molecule has 0 amide bonds. The first-order chi connectivity index (χ1) is 10.5. The van der Waals surface area contributed by atoms with Gasteiger partial charge >= 0.3 is 0 Å². The summed E-state index contributed by atoms with van der Waals surface area (Å²) in [5.41, 5.74) is 6.59. The SMILES string of the molecule is CC(C)COC(C)(N)CC(C)(C)Cc1cn(COC(C)C)nn1. The van der Waals surface area contributed by atoms with E-state index in [0.29, 0.717) is 19.3 Å². The van der Waals surface area contributed by atoms with Crippen LogP contribution in [0.25, 0.3) is 0 Å². The van der Waals surface area contributed by atoms with Gasteiger partial charge in [-0.05, 0) is 44.9 Å². The van der Waals surface area contributed by atoms with Crippen molar-refractivity contribution >= 4 is 0 Å². The number of hydrogen-bond acceptors (Lipinski definition) is 5. The zero-order valence-electron chi connectivity index (χ0n) is 15.8. The van der Waals surface area contributed by atoms with E-state index in [1.165, 1.54) is 0 Å². The zero-order valence-corrected chi connectivity index (χ0v) is 15.8. The maximum Gasteiger partial charge on any atom is 0.141 e. The fourth-order valence-corrected chi connectivity index (χ4v) is 2.62. The first-order valence-electron chi connectivity index (χ1n) is 8.42. The van der Waals surface area contributed by atoms with Gasteiger partial charge in [0.15, 0.2) is 0 Å². The molecule has 1 unspecified atom stereocenters. The molecule has 0 aliphatic rings. The average Bonchev–Trinajstić information content (AvgIpc) is 2.79. The van der Waals surface area contributed by atoms with Crippen LogP contribution in [-0.4, -0.2) is 33.4 Å². The number of nitrogens with two attached hydrogens (primary N) is 1. The average molecular weight is 326 g/mol. The lowest BCUT2D eigenvalue weighted by atomic mass is 9.81. The Balaban J connectivity index is 2.56. The highest BCUT2D eigenvalue weighted by atomic mass is 16.5. The molecular weight excluding hydrogens is 292 g/mol. The van der Waals surface area contributed by atoms with Crippen LogP contribution in [0.15, 0.2) is 6.20 Å². The third-order valence-electron chi connectivity index (χ3n) is 3.36. The number of hydrogen-bond donors (Lipinski definition) is 1. The van der Waals surface area contributed by atoms with Gasteiger partial charge < -0.3 is 15.2 Å². The molecule has 0 bridgehead atoms. The topological polar surface area (TPSA) is 75.2 Å². The van der Waals surface area contributed by atoms with Gasteiger partial charge in [-0.2, -0.15) is 0 Å². The van der Waals surface area contributed by atoms with E-state index in [1.807, 2.05) is 27.0 Å². The van der Waals surface area contributed by atoms with Crippen LogP contribution in [0, 0.1) is 11.3 Å². The summed E-state index contributed by atoms with van der Waals surface area (Å²) < 4.78 is 13.1. The molecule has 1 atom stereocenters. The van der Waals surface area contributed by atoms with Crippen molar-refractivity contribution in [2.75, 3.05) is 6.61 Å². The van der Waals surface area contributed by atoms with Gasteiger partial charge in [-0.3, -0.25) is 0 Å². The predicted octanol–water partition coefficient (Wildman–Crippen LogP) is 2.97. The Morgan fingerprint density at radius 1 is 1.22 bits per heavy atom. The highest BCUT2D eigenvalue weighted by Gasteiger charge is 2.31. The first-order valence-corrected chi connectivity index (χ1v) is 8.42. The molecule has 1 rings (SSSR count). The lowest BCUT2D eigenvalue weighted by Crippen LogP contribution is -2.44. The molecule has 0 aliphatic carbocycles. The Kier molecular flexibility index (Phi) is 7.17. The summed E-state index contributed by atoms with van der Waals surface area (Å²) in [6.07, 6.45) is 3.66. The van der Waals surface area contributed by atoms with E-state index in [0.717, 1.165) is 18.5 Å². The minimum Gasteiger partial charge on any atom is -0.361 e. The smallest absolute Gasteiger partial charge is 0.141 e. The summed E-state index contributed by atoms with van der Waals surface area (Å²) in [6.45, 7) is 15.7. The molecule has 0 aromatic carbocycles. The standard InChI is InChI=1S/C17H34N4O2/c1-13(2)10-23-17(7,18)11-16(5,6)8-15-9-21(20-19-15)12-22-14(3)4/h9,13-14H,8,10-12,18H2,1-7H3. The highest BCUT2D eigenvalue weighted by molar-refractivity contribution is 4.98. The van der Waals surface area contributed by atoms with Crippen LogP contribution in [0.2, 0.25) is 0 Å². The molecule has 1 aromatic rings. The Bertz CT molecular complexity index is 467. The summed E-state index contributed by atoms with van der Waals surface area (Å²) in [6, 6.07) is 0. The van der Waals surface area contributed by atoms with Crippen LogP contribution in [-0.2, 0) is 22.6 Å². The molecule has 23 heavy (non-hydrogen) atoms. The van der Waals surface area contributed by atoms with Gasteiger partial charge in [0, 0.05) is 0 Å². The summed E-state index contributed by atoms with van der Waals surface area (Å²) in [5, 5.41) is 8.34. The molecule has 0 fully saturated rings. The summed E-state index contributed by atoms with van der Waals surface area (Å²) in [7, 11) is 0. The van der Waals surface area contributed by atoms with Crippen molar-refractivity contribution in [2.24, 2.45) is 17.1 Å². The van der Waals surface area contributed by atoms with E-state index >= 15 is 0 Å². The Hall–Kier alpha value is -0.980. The molecule has 0 radical (unpaired) electrons. The molecule has 0 saturated carbocycles. The molecule has 2 N–H and O–H groups in total. The number of ether oxygens (including phenoxy) is 2. The van der Waals surface area contributed by atoms with Gasteiger partial charge in [0.05, 0.1) is 24.6 Å². The molecule has 0 spiro atoms. The molecule has 1 heterocycles. The van der Waals surface area contributed by atoms with E-state index < -0.39 is 5.72 Å². The lowest BCUT2D eigenvalue weighted by molar-refractivity contribution is -0.0653. The molecular formula is C17H34N4O2. The monoisotopic (exact) mass is 326 g/mol. The summed E-state index contributed by atoms with van der Waals surface area (Å²) in [5.74, 6) is 0.474. The Labute approximate surface area is 140 Å². The van der Waals surface area contributed by atoms with Crippen molar-refractivity contribution in [3.63, 3.8) is 0 Å². The van der Waals surface area contributed by atoms with Crippen LogP contribution < -0.4 is 5.73 Å². The quantitative estimate of drug-likeness (QED) is 0.669. The fraction of sp³-hybridized carbons (Fsp3) is 0.882. The van der Waals surface area contributed by atoms with Gasteiger partial charge in [0.25, 0.3) is 0 Å². The summed E-state index contributed by atoms with van der Waals surface area (Å²) in [4.78, 5) is 0. The van der Waals surface area contributed by atoms with Crippen molar-refractivity contribution in [2.45, 2.75) is 79.9 Å². The number of nitrogens with zero attached hydrogens (tertiary/aromatic N) is 3. The van der Waals surface area contributed by atoms with Crippen LogP contribution in [0.4, 0.5) is 0 Å². The van der Waals surface area contributed by atoms with E-state index in [4.69, 9.17) is 15.2 Å². The van der Waals surface area contributed by atoms with Crippen molar-refractivity contribution in [1.29, 1.82) is 0 Å². The molecule has 0 saturated heterocycles. The maximum atomic E-state index is 6.31. The molecule has 6 nitrogen and oxygen atoms in total. The first kappa shape index (κ1) is 20.1. The molecule has 0 aliphatic heterocycles. The predicted molar refractivity (Wildman–Crippen MR) is 91.7 cm³/mol. The second-order valence-corrected chi connectivity index (χ2v) is 8.13. The molecule has 1 aromatic heterocycles. The van der Waals surface area contributed by atoms with Crippen molar-refractivity contribution in [3.05, 3.63) is 11.9 Å². The van der Waals surface area contributed by atoms with E-state index in [2.05, 4.69) is 38.0 Å². The minimum atomic E-state index is -0.634. The van der Waals surface area contributed by atoms with Crippen LogP contribution in [0.1, 0.15) is 60.6 Å². The van der Waals surface area contributed by atoms with Gasteiger partial charge in [-0.15, -0.1) is 5.10 Å². The third kappa shape index (κ3) is 8.44. The van der Waals surface area contributed by atoms with Crippen molar-refractivity contribution < 1.29 is 9.47 Å². The number of aromatic nitrogens is 3. The zero-order chi connectivity index (χ0) is 17.7. The Morgan fingerprint density at radius 2 is 1.87 bits per heavy atom. The van der Waals surface area contributed by atoms with E-state index in [-0.39, 0.29) is 11.5 Å². The third-order valence-corrected chi connectivity index (χ3v) is 3.36. The normalized spacial score (nSPS) is 15.4. The summed E-state index contributed by atoms with van der Waals surface area (Å²) >= 11 is 0. The van der Waals surface area contributed by atoms with Gasteiger partial charge in [0.1, 0.15) is 12.5 Å². The minimum absolute atomic E-state index is 0.0275. The fourth-order valence-electron chi connectivity index (χ4n) is 2.62. The maximum absolute atomic E-state index is 6.31. The van der Waals surface area contributed by atoms with E-state index in [9.17, 15) is 0 Å². The van der Waals surface area contributed by atoms with Gasteiger partial charge in [0.2, 0.25) is 0 Å². The van der Waals surface area contributed by atoms with Crippen molar-refractivity contribution in [1.82, 2.24) is 15.0 Å². The van der Waals surface area contributed by atoms with Crippen molar-refractivity contribution in [3.8, 4) is 0 Å². The molecule has 134 valence electrons. The van der Waals surface area contributed by atoms with Crippen LogP contribution in [0.5, 0.6) is 0 Å². The highest BCUT2D eigenvalue weighted by Crippen LogP contribution is 2.31. The van der Waals surface area contributed by atoms with Gasteiger partial charge in [-0.25, -0.2) is 4.68 Å². The second-order valence-electron chi connectivity index (χ2n) is 8.13. The largest absolute Gasteiger partial charge is 0.361 e. The number of rotatable bonds is 10. The van der Waals surface area contributed by atoms with Crippen LogP contribution >= 0.6 is 0 Å². The lowest BCUT2D eigenvalue weighted by Gasteiger charge is -2.34. The molecule has 6 heteroatoms. The van der Waals surface area contributed by atoms with Gasteiger partial charge in [-0.1, -0.05) is 32.9 Å². The van der Waals surface area contributed by atoms with E-state index in [1.54, 1.807) is 4.68 Å².